The molecule has 22 heavy (non-hydrogen) atoms. The Morgan fingerprint density at radius 2 is 2.27 bits per heavy atom. The second kappa shape index (κ2) is 5.09. The Balaban J connectivity index is 1.59. The lowest BCUT2D eigenvalue weighted by Gasteiger charge is -2.41. The number of carbonyl (C=O) groups is 1. The van der Waals surface area contributed by atoms with Crippen molar-refractivity contribution in [2.75, 3.05) is 13.1 Å². The van der Waals surface area contributed by atoms with Crippen molar-refractivity contribution in [2.45, 2.75) is 45.3 Å². The van der Waals surface area contributed by atoms with Crippen LogP contribution in [0.15, 0.2) is 24.5 Å². The summed E-state index contributed by atoms with van der Waals surface area (Å²) in [7, 11) is 0. The smallest absolute Gasteiger partial charge is 0.239 e. The average Bonchev–Trinajstić information content (AvgIpc) is 3.11. The standard InChI is InChI=1S/C17H22N4O/c1-12-5-3-7-19-9-14(18-16(12)19)10-20-11-15-6-4-8-21(15)17(22)13(20)2/h3,5,7,9,13,15H,4,6,8,10-11H2,1-2H3/t13-,15+/m1/s1. The molecule has 2 aromatic heterocycles. The first-order chi connectivity index (χ1) is 10.6. The number of rotatable bonds is 2. The Morgan fingerprint density at radius 1 is 1.41 bits per heavy atom. The van der Waals surface area contributed by atoms with E-state index in [1.165, 1.54) is 5.56 Å². The van der Waals surface area contributed by atoms with E-state index in [0.29, 0.717) is 6.04 Å². The lowest BCUT2D eigenvalue weighted by molar-refractivity contribution is -0.143. The molecular formula is C17H22N4O. The zero-order valence-electron chi connectivity index (χ0n) is 13.2. The number of aromatic nitrogens is 2. The van der Waals surface area contributed by atoms with Crippen molar-refractivity contribution in [1.29, 1.82) is 0 Å². The van der Waals surface area contributed by atoms with Crippen LogP contribution in [0.25, 0.3) is 5.65 Å². The van der Waals surface area contributed by atoms with Crippen LogP contribution in [0.2, 0.25) is 0 Å². The molecular weight excluding hydrogens is 276 g/mol. The summed E-state index contributed by atoms with van der Waals surface area (Å²) in [6.45, 7) is 6.76. The zero-order valence-corrected chi connectivity index (χ0v) is 13.2. The third kappa shape index (κ3) is 2.11. The number of aryl methyl sites for hydroxylation is 1. The van der Waals surface area contributed by atoms with Crippen molar-refractivity contribution < 1.29 is 4.79 Å². The second-order valence-corrected chi connectivity index (χ2v) is 6.59. The molecule has 4 heterocycles. The molecule has 0 saturated carbocycles. The zero-order chi connectivity index (χ0) is 15.3. The number of fused-ring (bicyclic) bond motifs is 2. The maximum atomic E-state index is 12.5. The van der Waals surface area contributed by atoms with Crippen LogP contribution in [0, 0.1) is 6.92 Å². The summed E-state index contributed by atoms with van der Waals surface area (Å²) in [5.74, 6) is 0.286. The quantitative estimate of drug-likeness (QED) is 0.849. The van der Waals surface area contributed by atoms with Gasteiger partial charge in [-0.3, -0.25) is 9.69 Å². The van der Waals surface area contributed by atoms with Crippen molar-refractivity contribution in [3.63, 3.8) is 0 Å². The van der Waals surface area contributed by atoms with E-state index in [1.54, 1.807) is 0 Å². The molecule has 2 aromatic rings. The van der Waals surface area contributed by atoms with E-state index in [2.05, 4.69) is 33.4 Å². The predicted molar refractivity (Wildman–Crippen MR) is 84.5 cm³/mol. The van der Waals surface area contributed by atoms with Crippen LogP contribution >= 0.6 is 0 Å². The molecule has 2 atom stereocenters. The monoisotopic (exact) mass is 298 g/mol. The van der Waals surface area contributed by atoms with Gasteiger partial charge in [0.25, 0.3) is 0 Å². The summed E-state index contributed by atoms with van der Waals surface area (Å²) < 4.78 is 2.07. The molecule has 2 aliphatic heterocycles. The summed E-state index contributed by atoms with van der Waals surface area (Å²) >= 11 is 0. The Kier molecular flexibility index (Phi) is 3.18. The summed E-state index contributed by atoms with van der Waals surface area (Å²) in [4.78, 5) is 21.6. The number of hydrogen-bond acceptors (Lipinski definition) is 3. The highest BCUT2D eigenvalue weighted by atomic mass is 16.2. The number of hydrogen-bond donors (Lipinski definition) is 0. The van der Waals surface area contributed by atoms with Crippen LogP contribution in [0.5, 0.6) is 0 Å². The molecule has 0 unspecified atom stereocenters. The van der Waals surface area contributed by atoms with E-state index in [9.17, 15) is 4.79 Å². The number of pyridine rings is 1. The van der Waals surface area contributed by atoms with Gasteiger partial charge >= 0.3 is 0 Å². The van der Waals surface area contributed by atoms with Gasteiger partial charge in [-0.2, -0.15) is 0 Å². The normalized spacial score (nSPS) is 25.9. The van der Waals surface area contributed by atoms with Gasteiger partial charge in [-0.15, -0.1) is 0 Å². The van der Waals surface area contributed by atoms with Gasteiger partial charge in [0.1, 0.15) is 5.65 Å². The highest BCUT2D eigenvalue weighted by Gasteiger charge is 2.40. The second-order valence-electron chi connectivity index (χ2n) is 6.59. The van der Waals surface area contributed by atoms with Gasteiger partial charge < -0.3 is 9.30 Å². The molecule has 0 spiro atoms. The topological polar surface area (TPSA) is 40.9 Å². The fourth-order valence-electron chi connectivity index (χ4n) is 3.83. The van der Waals surface area contributed by atoms with Gasteiger partial charge in [0.15, 0.2) is 0 Å². The van der Waals surface area contributed by atoms with Crippen molar-refractivity contribution in [3.8, 4) is 0 Å². The fourth-order valence-corrected chi connectivity index (χ4v) is 3.83. The van der Waals surface area contributed by atoms with Crippen LogP contribution in [-0.2, 0) is 11.3 Å². The highest BCUT2D eigenvalue weighted by molar-refractivity contribution is 5.83. The van der Waals surface area contributed by atoms with E-state index in [4.69, 9.17) is 4.98 Å². The molecule has 0 aliphatic carbocycles. The molecule has 1 amide bonds. The Bertz CT molecular complexity index is 723. The van der Waals surface area contributed by atoms with Crippen molar-refractivity contribution in [1.82, 2.24) is 19.2 Å². The predicted octanol–water partition coefficient (Wildman–Crippen LogP) is 1.84. The van der Waals surface area contributed by atoms with Gasteiger partial charge in [-0.1, -0.05) is 6.07 Å². The molecule has 2 fully saturated rings. The first-order valence-electron chi connectivity index (χ1n) is 8.11. The van der Waals surface area contributed by atoms with Crippen LogP contribution in [0.4, 0.5) is 0 Å². The summed E-state index contributed by atoms with van der Waals surface area (Å²) in [5, 5.41) is 0. The van der Waals surface area contributed by atoms with Crippen LogP contribution in [0.1, 0.15) is 31.0 Å². The van der Waals surface area contributed by atoms with Crippen LogP contribution in [-0.4, -0.2) is 50.3 Å². The van der Waals surface area contributed by atoms with Gasteiger partial charge in [0, 0.05) is 38.1 Å². The van der Waals surface area contributed by atoms with Crippen molar-refractivity contribution in [3.05, 3.63) is 35.8 Å². The van der Waals surface area contributed by atoms with Crippen molar-refractivity contribution in [2.24, 2.45) is 0 Å². The molecule has 5 heteroatoms. The van der Waals surface area contributed by atoms with Crippen molar-refractivity contribution >= 4 is 11.6 Å². The van der Waals surface area contributed by atoms with Crippen LogP contribution < -0.4 is 0 Å². The Morgan fingerprint density at radius 3 is 3.09 bits per heavy atom. The molecule has 2 aliphatic rings. The lowest BCUT2D eigenvalue weighted by Crippen LogP contribution is -2.58. The molecule has 116 valence electrons. The fraction of sp³-hybridized carbons (Fsp3) is 0.529. The summed E-state index contributed by atoms with van der Waals surface area (Å²) in [5.41, 5.74) is 3.23. The molecule has 0 radical (unpaired) electrons. The Labute approximate surface area is 130 Å². The number of amides is 1. The average molecular weight is 298 g/mol. The number of nitrogens with zero attached hydrogens (tertiary/aromatic N) is 4. The maximum Gasteiger partial charge on any atom is 0.239 e. The third-order valence-corrected chi connectivity index (χ3v) is 5.10. The summed E-state index contributed by atoms with van der Waals surface area (Å²) in [6.07, 6.45) is 6.40. The molecule has 5 nitrogen and oxygen atoms in total. The first-order valence-corrected chi connectivity index (χ1v) is 8.11. The molecule has 0 bridgehead atoms. The molecule has 2 saturated heterocycles. The minimum Gasteiger partial charge on any atom is -0.337 e. The third-order valence-electron chi connectivity index (χ3n) is 5.10. The number of imidazole rings is 1. The molecule has 0 N–H and O–H groups in total. The number of piperazine rings is 1. The van der Waals surface area contributed by atoms with Gasteiger partial charge in [-0.05, 0) is 38.3 Å². The Hall–Kier alpha value is -1.88. The minimum absolute atomic E-state index is 0.0414. The van der Waals surface area contributed by atoms with E-state index in [0.717, 1.165) is 43.8 Å². The SMILES string of the molecule is Cc1cccn2cc(CN3C[C@@H]4CCCN4C(=O)[C@H]3C)nc12. The number of carbonyl (C=O) groups excluding carboxylic acids is 1. The maximum absolute atomic E-state index is 12.5. The molecule has 0 aromatic carbocycles. The van der Waals surface area contributed by atoms with Gasteiger partial charge in [-0.25, -0.2) is 4.98 Å². The lowest BCUT2D eigenvalue weighted by atomic mass is 10.1. The van der Waals surface area contributed by atoms with E-state index in [-0.39, 0.29) is 11.9 Å². The van der Waals surface area contributed by atoms with Gasteiger partial charge in [0.2, 0.25) is 5.91 Å². The molecule has 4 rings (SSSR count). The largest absolute Gasteiger partial charge is 0.337 e. The summed E-state index contributed by atoms with van der Waals surface area (Å²) in [6, 6.07) is 4.48. The van der Waals surface area contributed by atoms with E-state index >= 15 is 0 Å². The van der Waals surface area contributed by atoms with E-state index in [1.807, 2.05) is 19.2 Å². The highest BCUT2D eigenvalue weighted by Crippen LogP contribution is 2.26. The minimum atomic E-state index is -0.0414. The van der Waals surface area contributed by atoms with Gasteiger partial charge in [0.05, 0.1) is 11.7 Å². The van der Waals surface area contributed by atoms with E-state index < -0.39 is 0 Å². The van der Waals surface area contributed by atoms with Crippen LogP contribution in [0.3, 0.4) is 0 Å². The first kappa shape index (κ1) is 13.8.